The van der Waals surface area contributed by atoms with Gasteiger partial charge in [0.25, 0.3) is 0 Å². The Morgan fingerprint density at radius 1 is 0.977 bits per heavy atom. The van der Waals surface area contributed by atoms with Crippen molar-refractivity contribution in [2.24, 2.45) is 0 Å². The SMILES string of the molecule is C=CCN1CC(=O)N2[C@@H](Cc3ccc(O)cc3)C(=O)N(Cc3cccc4ccn(O)c34)C[C@@H]2N1C(=O)NCc1ccccc1. The Morgan fingerprint density at radius 2 is 1.75 bits per heavy atom. The lowest BCUT2D eigenvalue weighted by atomic mass is 9.98. The first-order valence-corrected chi connectivity index (χ1v) is 14.5. The first kappa shape index (κ1) is 28.8. The normalized spacial score (nSPS) is 18.9. The molecule has 11 heteroatoms. The number of nitrogens with one attached hydrogen (secondary N) is 1. The first-order valence-electron chi connectivity index (χ1n) is 14.5. The number of hydrogen-bond donors (Lipinski definition) is 3. The fraction of sp³-hybridized carbons (Fsp3) is 0.242. The van der Waals surface area contributed by atoms with E-state index in [1.54, 1.807) is 52.5 Å². The van der Waals surface area contributed by atoms with Gasteiger partial charge < -0.3 is 25.4 Å². The summed E-state index contributed by atoms with van der Waals surface area (Å²) in [6.45, 7) is 4.49. The standard InChI is InChI=1S/C33H34N6O5/c1-2-16-36-22-30(41)38-28(18-23-11-13-27(40)14-12-23)32(42)35(20-26-10-6-9-25-15-17-37(44)31(25)26)21-29(38)39(36)33(43)34-19-24-7-4-3-5-8-24/h2-15,17,28-29,40,44H,1,16,18-22H2,(H,34,43)/t28-,29-/m0/s1. The lowest BCUT2D eigenvalue weighted by Crippen LogP contribution is -2.76. The number of urea groups is 1. The molecule has 0 bridgehead atoms. The molecule has 4 aromatic rings. The minimum Gasteiger partial charge on any atom is -0.508 e. The molecule has 3 N–H and O–H groups in total. The quantitative estimate of drug-likeness (QED) is 0.213. The molecule has 11 nitrogen and oxygen atoms in total. The maximum absolute atomic E-state index is 14.2. The van der Waals surface area contributed by atoms with Crippen molar-refractivity contribution < 1.29 is 24.7 Å². The molecule has 0 radical (unpaired) electrons. The summed E-state index contributed by atoms with van der Waals surface area (Å²) in [6, 6.07) is 22.1. The van der Waals surface area contributed by atoms with Crippen LogP contribution >= 0.6 is 0 Å². The zero-order valence-electron chi connectivity index (χ0n) is 24.1. The van der Waals surface area contributed by atoms with E-state index in [4.69, 9.17) is 0 Å². The number of aromatic nitrogens is 1. The molecule has 44 heavy (non-hydrogen) atoms. The van der Waals surface area contributed by atoms with E-state index < -0.39 is 18.2 Å². The fourth-order valence-electron chi connectivity index (χ4n) is 6.14. The van der Waals surface area contributed by atoms with Gasteiger partial charge in [-0.05, 0) is 34.9 Å². The fourth-order valence-corrected chi connectivity index (χ4v) is 6.14. The van der Waals surface area contributed by atoms with E-state index in [1.807, 2.05) is 48.5 Å². The van der Waals surface area contributed by atoms with Crippen molar-refractivity contribution in [3.05, 3.63) is 114 Å². The molecule has 2 saturated heterocycles. The average Bonchev–Trinajstić information content (AvgIpc) is 3.41. The Balaban J connectivity index is 1.37. The van der Waals surface area contributed by atoms with Crippen LogP contribution in [0.1, 0.15) is 16.7 Å². The molecule has 0 aliphatic carbocycles. The maximum atomic E-state index is 14.2. The molecule has 0 unspecified atom stereocenters. The Hall–Kier alpha value is -5.29. The Morgan fingerprint density at radius 3 is 2.50 bits per heavy atom. The highest BCUT2D eigenvalue weighted by molar-refractivity contribution is 5.92. The van der Waals surface area contributed by atoms with Gasteiger partial charge in [-0.1, -0.05) is 66.7 Å². The number of aromatic hydroxyl groups is 1. The number of nitrogens with zero attached hydrogens (tertiary/aromatic N) is 5. The summed E-state index contributed by atoms with van der Waals surface area (Å²) in [5.41, 5.74) is 3.00. The van der Waals surface area contributed by atoms with Crippen molar-refractivity contribution in [2.45, 2.75) is 31.7 Å². The van der Waals surface area contributed by atoms with Gasteiger partial charge in [0.2, 0.25) is 11.8 Å². The zero-order valence-corrected chi connectivity index (χ0v) is 24.1. The van der Waals surface area contributed by atoms with Gasteiger partial charge in [0.15, 0.2) is 0 Å². The molecule has 226 valence electrons. The Labute approximate surface area is 254 Å². The van der Waals surface area contributed by atoms with Crippen LogP contribution < -0.4 is 5.32 Å². The number of rotatable bonds is 8. The second-order valence-corrected chi connectivity index (χ2v) is 11.0. The number of hydrogen-bond acceptors (Lipinski definition) is 6. The highest BCUT2D eigenvalue weighted by atomic mass is 16.5. The van der Waals surface area contributed by atoms with Gasteiger partial charge in [0.05, 0.1) is 18.6 Å². The topological polar surface area (TPSA) is 122 Å². The van der Waals surface area contributed by atoms with Crippen LogP contribution in [0.5, 0.6) is 5.75 Å². The van der Waals surface area contributed by atoms with Crippen LogP contribution in [-0.2, 0) is 29.1 Å². The molecule has 2 atom stereocenters. The average molecular weight is 595 g/mol. The molecule has 4 amide bonds. The van der Waals surface area contributed by atoms with Gasteiger partial charge in [0, 0.05) is 37.6 Å². The Kier molecular flexibility index (Phi) is 7.95. The number of piperazine rings is 1. The van der Waals surface area contributed by atoms with Gasteiger partial charge in [-0.3, -0.25) is 9.59 Å². The van der Waals surface area contributed by atoms with Crippen molar-refractivity contribution >= 4 is 28.7 Å². The van der Waals surface area contributed by atoms with E-state index in [9.17, 15) is 24.7 Å². The summed E-state index contributed by atoms with van der Waals surface area (Å²) >= 11 is 0. The van der Waals surface area contributed by atoms with Gasteiger partial charge in [-0.15, -0.1) is 6.58 Å². The third-order valence-electron chi connectivity index (χ3n) is 8.17. The highest BCUT2D eigenvalue weighted by Gasteiger charge is 2.51. The van der Waals surface area contributed by atoms with E-state index in [1.165, 1.54) is 9.91 Å². The third kappa shape index (κ3) is 5.57. The summed E-state index contributed by atoms with van der Waals surface area (Å²) in [7, 11) is 0. The van der Waals surface area contributed by atoms with Crippen LogP contribution in [-0.4, -0.2) is 84.5 Å². The lowest BCUT2D eigenvalue weighted by molar-refractivity contribution is -0.189. The molecule has 2 aliphatic heterocycles. The van der Waals surface area contributed by atoms with Crippen molar-refractivity contribution in [3.63, 3.8) is 0 Å². The molecule has 6 rings (SSSR count). The summed E-state index contributed by atoms with van der Waals surface area (Å²) < 4.78 is 1.04. The monoisotopic (exact) mass is 594 g/mol. The number of phenolic OH excluding ortho intramolecular Hbond substituents is 1. The van der Waals surface area contributed by atoms with Gasteiger partial charge >= 0.3 is 6.03 Å². The number of carbonyl (C=O) groups excluding carboxylic acids is 3. The molecule has 0 saturated carbocycles. The van der Waals surface area contributed by atoms with Crippen LogP contribution in [0.15, 0.2) is 97.7 Å². The zero-order chi connectivity index (χ0) is 30.8. The minimum absolute atomic E-state index is 0.0611. The van der Waals surface area contributed by atoms with E-state index in [0.29, 0.717) is 5.52 Å². The molecular weight excluding hydrogens is 560 g/mol. The molecule has 3 aromatic carbocycles. The van der Waals surface area contributed by atoms with Crippen molar-refractivity contribution in [3.8, 4) is 5.75 Å². The van der Waals surface area contributed by atoms with Crippen LogP contribution in [0, 0.1) is 0 Å². The van der Waals surface area contributed by atoms with Crippen LogP contribution in [0.25, 0.3) is 10.9 Å². The molecule has 0 spiro atoms. The molecule has 2 fully saturated rings. The van der Waals surface area contributed by atoms with E-state index in [2.05, 4.69) is 11.9 Å². The van der Waals surface area contributed by atoms with Crippen LogP contribution in [0.2, 0.25) is 0 Å². The summed E-state index contributed by atoms with van der Waals surface area (Å²) in [5, 5.41) is 27.3. The van der Waals surface area contributed by atoms with Crippen LogP contribution in [0.3, 0.4) is 0 Å². The van der Waals surface area contributed by atoms with Gasteiger partial charge in [-0.25, -0.2) is 14.8 Å². The van der Waals surface area contributed by atoms with E-state index in [0.717, 1.165) is 26.8 Å². The van der Waals surface area contributed by atoms with E-state index >= 15 is 0 Å². The van der Waals surface area contributed by atoms with Crippen molar-refractivity contribution in [1.29, 1.82) is 0 Å². The number of para-hydroxylation sites is 1. The number of amides is 4. The summed E-state index contributed by atoms with van der Waals surface area (Å²) in [5.74, 6) is -0.441. The predicted molar refractivity (Wildman–Crippen MR) is 163 cm³/mol. The maximum Gasteiger partial charge on any atom is 0.334 e. The Bertz CT molecular complexity index is 1690. The van der Waals surface area contributed by atoms with Crippen LogP contribution in [0.4, 0.5) is 4.79 Å². The number of phenols is 1. The highest BCUT2D eigenvalue weighted by Crippen LogP contribution is 2.31. The first-order chi connectivity index (χ1) is 21.3. The van der Waals surface area contributed by atoms with Crippen molar-refractivity contribution in [1.82, 2.24) is 29.9 Å². The smallest absolute Gasteiger partial charge is 0.334 e. The molecule has 2 aliphatic rings. The second kappa shape index (κ2) is 12.1. The van der Waals surface area contributed by atoms with Crippen molar-refractivity contribution in [2.75, 3.05) is 19.6 Å². The second-order valence-electron chi connectivity index (χ2n) is 11.0. The molecule has 1 aromatic heterocycles. The number of fused-ring (bicyclic) bond motifs is 2. The predicted octanol–water partition coefficient (Wildman–Crippen LogP) is 3.32. The van der Waals surface area contributed by atoms with Gasteiger partial charge in [0.1, 0.15) is 18.0 Å². The lowest BCUT2D eigenvalue weighted by Gasteiger charge is -2.55. The number of carbonyl (C=O) groups is 3. The third-order valence-corrected chi connectivity index (χ3v) is 8.17. The molecule has 3 heterocycles. The number of benzene rings is 3. The van der Waals surface area contributed by atoms with E-state index in [-0.39, 0.29) is 56.7 Å². The number of hydrazine groups is 1. The summed E-state index contributed by atoms with van der Waals surface area (Å²) in [4.78, 5) is 45.0. The molecular formula is C33H34N6O5. The summed E-state index contributed by atoms with van der Waals surface area (Å²) in [6.07, 6.45) is 2.58. The minimum atomic E-state index is -0.902. The van der Waals surface area contributed by atoms with Gasteiger partial charge in [-0.2, -0.15) is 4.73 Å². The largest absolute Gasteiger partial charge is 0.508 e.